The number of carbonyl (C=O) groups excluding carboxylic acids is 1. The van der Waals surface area contributed by atoms with Gasteiger partial charge in [-0.05, 0) is 26.0 Å². The monoisotopic (exact) mass is 240 g/mol. The van der Waals surface area contributed by atoms with Crippen LogP contribution in [0.2, 0.25) is 0 Å². The van der Waals surface area contributed by atoms with E-state index in [1.807, 2.05) is 0 Å². The van der Waals surface area contributed by atoms with Crippen molar-refractivity contribution in [3.8, 4) is 5.75 Å². The summed E-state index contributed by atoms with van der Waals surface area (Å²) in [5, 5.41) is 2.63. The van der Waals surface area contributed by atoms with Gasteiger partial charge in [-0.15, -0.1) is 0 Å². The van der Waals surface area contributed by atoms with E-state index >= 15 is 0 Å². The fourth-order valence-electron chi connectivity index (χ4n) is 1.22. The van der Waals surface area contributed by atoms with Gasteiger partial charge in [0.15, 0.2) is 0 Å². The maximum absolute atomic E-state index is 12.9. The maximum atomic E-state index is 12.9. The summed E-state index contributed by atoms with van der Waals surface area (Å²) < 4.78 is 18.3. The van der Waals surface area contributed by atoms with Gasteiger partial charge < -0.3 is 15.8 Å². The average Bonchev–Trinajstić information content (AvgIpc) is 2.25. The number of benzene rings is 1. The summed E-state index contributed by atoms with van der Waals surface area (Å²) in [6, 6.07) is 5.32. The number of hydrogen-bond donors (Lipinski definition) is 2. The molecule has 0 aromatic heterocycles. The third-order valence-electron chi connectivity index (χ3n) is 2.11. The molecule has 0 bridgehead atoms. The second kappa shape index (κ2) is 6.20. The molecule has 0 aliphatic carbocycles. The highest BCUT2D eigenvalue weighted by Crippen LogP contribution is 2.13. The van der Waals surface area contributed by atoms with Crippen molar-refractivity contribution < 1.29 is 13.9 Å². The molecule has 1 unspecified atom stereocenters. The van der Waals surface area contributed by atoms with Crippen molar-refractivity contribution in [1.29, 1.82) is 0 Å². The number of hydrogen-bond acceptors (Lipinski definition) is 3. The smallest absolute Gasteiger partial charge is 0.236 e. The van der Waals surface area contributed by atoms with Gasteiger partial charge in [-0.25, -0.2) is 4.39 Å². The maximum Gasteiger partial charge on any atom is 0.236 e. The molecule has 94 valence electrons. The van der Waals surface area contributed by atoms with Crippen molar-refractivity contribution >= 4 is 5.91 Å². The predicted molar refractivity (Wildman–Crippen MR) is 63.1 cm³/mol. The van der Waals surface area contributed by atoms with Crippen LogP contribution in [-0.2, 0) is 4.79 Å². The zero-order valence-electron chi connectivity index (χ0n) is 9.94. The van der Waals surface area contributed by atoms with Gasteiger partial charge in [-0.2, -0.15) is 0 Å². The van der Waals surface area contributed by atoms with Gasteiger partial charge in [-0.3, -0.25) is 4.79 Å². The van der Waals surface area contributed by atoms with Gasteiger partial charge in [0.1, 0.15) is 17.7 Å². The van der Waals surface area contributed by atoms with E-state index in [0.29, 0.717) is 12.3 Å². The van der Waals surface area contributed by atoms with Crippen LogP contribution in [0.25, 0.3) is 0 Å². The molecule has 0 saturated carbocycles. The molecule has 1 aromatic rings. The molecule has 0 spiro atoms. The highest BCUT2D eigenvalue weighted by molar-refractivity contribution is 5.80. The molecule has 0 saturated heterocycles. The van der Waals surface area contributed by atoms with E-state index in [4.69, 9.17) is 10.5 Å². The zero-order valence-corrected chi connectivity index (χ0v) is 9.94. The van der Waals surface area contributed by atoms with E-state index in [2.05, 4.69) is 5.32 Å². The van der Waals surface area contributed by atoms with E-state index in [-0.39, 0.29) is 17.8 Å². The fraction of sp³-hybridized carbons (Fsp3) is 0.417. The lowest BCUT2D eigenvalue weighted by Gasteiger charge is -2.16. The first-order valence-corrected chi connectivity index (χ1v) is 5.44. The molecule has 1 amide bonds. The van der Waals surface area contributed by atoms with Crippen LogP contribution in [0.15, 0.2) is 24.3 Å². The Balaban J connectivity index is 2.39. The largest absolute Gasteiger partial charge is 0.489 e. The van der Waals surface area contributed by atoms with Crippen LogP contribution in [0.1, 0.15) is 13.8 Å². The van der Waals surface area contributed by atoms with Crippen molar-refractivity contribution in [2.45, 2.75) is 26.0 Å². The molecule has 2 atom stereocenters. The van der Waals surface area contributed by atoms with Gasteiger partial charge in [-0.1, -0.05) is 6.07 Å². The van der Waals surface area contributed by atoms with Gasteiger partial charge >= 0.3 is 0 Å². The van der Waals surface area contributed by atoms with Crippen LogP contribution in [0.3, 0.4) is 0 Å². The Morgan fingerprint density at radius 3 is 2.82 bits per heavy atom. The summed E-state index contributed by atoms with van der Waals surface area (Å²) in [6.45, 7) is 3.72. The molecule has 4 nitrogen and oxygen atoms in total. The lowest BCUT2D eigenvalue weighted by Crippen LogP contribution is -2.42. The molecule has 0 aliphatic heterocycles. The molecule has 17 heavy (non-hydrogen) atoms. The van der Waals surface area contributed by atoms with Crippen molar-refractivity contribution in [2.75, 3.05) is 6.54 Å². The van der Waals surface area contributed by atoms with E-state index in [0.717, 1.165) is 0 Å². The fourth-order valence-corrected chi connectivity index (χ4v) is 1.22. The molecule has 0 aliphatic rings. The van der Waals surface area contributed by atoms with Crippen LogP contribution < -0.4 is 15.8 Å². The van der Waals surface area contributed by atoms with E-state index in [9.17, 15) is 9.18 Å². The standard InChI is InChI=1S/C12H17FN2O2/c1-8(7-15-12(16)9(2)14)17-11-5-3-4-10(13)6-11/h3-6,8-9H,7,14H2,1-2H3,(H,15,16)/t8?,9-/m0/s1. The summed E-state index contributed by atoms with van der Waals surface area (Å²) in [5.74, 6) is -0.151. The Morgan fingerprint density at radius 2 is 2.24 bits per heavy atom. The van der Waals surface area contributed by atoms with Gasteiger partial charge in [0, 0.05) is 6.07 Å². The number of ether oxygens (including phenoxy) is 1. The number of carbonyl (C=O) groups is 1. The first-order chi connectivity index (χ1) is 7.99. The summed E-state index contributed by atoms with van der Waals surface area (Å²) in [6.07, 6.45) is -0.250. The van der Waals surface area contributed by atoms with Crippen LogP contribution in [0.5, 0.6) is 5.75 Å². The zero-order chi connectivity index (χ0) is 12.8. The second-order valence-corrected chi connectivity index (χ2v) is 3.92. The minimum absolute atomic E-state index is 0.236. The summed E-state index contributed by atoms with van der Waals surface area (Å²) in [4.78, 5) is 11.2. The third-order valence-corrected chi connectivity index (χ3v) is 2.11. The topological polar surface area (TPSA) is 64.4 Å². The summed E-state index contributed by atoms with van der Waals surface area (Å²) >= 11 is 0. The molecular formula is C12H17FN2O2. The van der Waals surface area contributed by atoms with Crippen molar-refractivity contribution in [2.24, 2.45) is 5.73 Å². The number of rotatable bonds is 5. The van der Waals surface area contributed by atoms with E-state index in [1.165, 1.54) is 12.1 Å². The van der Waals surface area contributed by atoms with Crippen LogP contribution >= 0.6 is 0 Å². The molecule has 1 rings (SSSR count). The molecule has 0 radical (unpaired) electrons. The molecular weight excluding hydrogens is 223 g/mol. The highest BCUT2D eigenvalue weighted by Gasteiger charge is 2.10. The van der Waals surface area contributed by atoms with Crippen LogP contribution in [0, 0.1) is 5.82 Å². The first kappa shape index (κ1) is 13.4. The van der Waals surface area contributed by atoms with E-state index in [1.54, 1.807) is 26.0 Å². The minimum Gasteiger partial charge on any atom is -0.489 e. The molecule has 0 heterocycles. The molecule has 1 aromatic carbocycles. The van der Waals surface area contributed by atoms with Crippen molar-refractivity contribution in [3.05, 3.63) is 30.1 Å². The Morgan fingerprint density at radius 1 is 1.53 bits per heavy atom. The van der Waals surface area contributed by atoms with Crippen LogP contribution in [-0.4, -0.2) is 24.6 Å². The summed E-state index contributed by atoms with van der Waals surface area (Å²) in [5.41, 5.74) is 5.39. The predicted octanol–water partition coefficient (Wildman–Crippen LogP) is 1.06. The number of halogens is 1. The lowest BCUT2D eigenvalue weighted by molar-refractivity contribution is -0.122. The third kappa shape index (κ3) is 4.82. The average molecular weight is 240 g/mol. The summed E-state index contributed by atoms with van der Waals surface area (Å²) in [7, 11) is 0. The van der Waals surface area contributed by atoms with Crippen LogP contribution in [0.4, 0.5) is 4.39 Å². The lowest BCUT2D eigenvalue weighted by atomic mass is 10.3. The number of amides is 1. The normalized spacial score (nSPS) is 13.9. The van der Waals surface area contributed by atoms with Gasteiger partial charge in [0.2, 0.25) is 5.91 Å². The Hall–Kier alpha value is -1.62. The SMILES string of the molecule is CC(CNC(=O)[C@H](C)N)Oc1cccc(F)c1. The Labute approximate surface area is 100.0 Å². The molecule has 0 fully saturated rings. The first-order valence-electron chi connectivity index (χ1n) is 5.44. The van der Waals surface area contributed by atoms with Gasteiger partial charge in [0.05, 0.1) is 12.6 Å². The quantitative estimate of drug-likeness (QED) is 0.808. The minimum atomic E-state index is -0.545. The Bertz CT molecular complexity index is 383. The van der Waals surface area contributed by atoms with Crippen molar-refractivity contribution in [3.63, 3.8) is 0 Å². The molecule has 3 N–H and O–H groups in total. The highest BCUT2D eigenvalue weighted by atomic mass is 19.1. The number of nitrogens with two attached hydrogens (primary N) is 1. The van der Waals surface area contributed by atoms with Gasteiger partial charge in [0.25, 0.3) is 0 Å². The second-order valence-electron chi connectivity index (χ2n) is 3.92. The van der Waals surface area contributed by atoms with E-state index < -0.39 is 6.04 Å². The number of nitrogens with one attached hydrogen (secondary N) is 1. The molecule has 5 heteroatoms. The van der Waals surface area contributed by atoms with Crippen molar-refractivity contribution in [1.82, 2.24) is 5.32 Å². The Kier molecular flexibility index (Phi) is 4.90.